The maximum atomic E-state index is 11.7. The van der Waals surface area contributed by atoms with Crippen molar-refractivity contribution in [2.24, 2.45) is 17.8 Å². The van der Waals surface area contributed by atoms with Crippen molar-refractivity contribution in [1.82, 2.24) is 10.6 Å². The molecular weight excluding hydrogens is 232 g/mol. The first-order valence-corrected chi connectivity index (χ1v) is 6.50. The third kappa shape index (κ3) is 7.14. The molecule has 0 aliphatic carbocycles. The highest BCUT2D eigenvalue weighted by Gasteiger charge is 2.19. The van der Waals surface area contributed by atoms with Gasteiger partial charge in [0, 0.05) is 12.6 Å². The van der Waals surface area contributed by atoms with Gasteiger partial charge >= 0.3 is 12.0 Å². The highest BCUT2D eigenvalue weighted by Crippen LogP contribution is 2.08. The van der Waals surface area contributed by atoms with Crippen LogP contribution in [0.1, 0.15) is 41.0 Å². The van der Waals surface area contributed by atoms with Crippen molar-refractivity contribution < 1.29 is 14.7 Å². The third-order valence-electron chi connectivity index (χ3n) is 3.24. The quantitative estimate of drug-likeness (QED) is 0.654. The van der Waals surface area contributed by atoms with Crippen LogP contribution in [0.2, 0.25) is 0 Å². The fraction of sp³-hybridized carbons (Fsp3) is 0.846. The van der Waals surface area contributed by atoms with Crippen LogP contribution in [0.4, 0.5) is 4.79 Å². The number of hydrogen-bond acceptors (Lipinski definition) is 2. The van der Waals surface area contributed by atoms with E-state index in [0.29, 0.717) is 18.4 Å². The van der Waals surface area contributed by atoms with Gasteiger partial charge < -0.3 is 15.7 Å². The molecule has 5 nitrogen and oxygen atoms in total. The minimum atomic E-state index is -0.899. The van der Waals surface area contributed by atoms with Crippen LogP contribution in [-0.4, -0.2) is 29.7 Å². The summed E-state index contributed by atoms with van der Waals surface area (Å²) >= 11 is 0. The van der Waals surface area contributed by atoms with Crippen LogP contribution in [-0.2, 0) is 4.79 Å². The average Bonchev–Trinajstić information content (AvgIpc) is 2.23. The second kappa shape index (κ2) is 7.95. The number of rotatable bonds is 7. The lowest BCUT2D eigenvalue weighted by Crippen LogP contribution is -2.46. The van der Waals surface area contributed by atoms with Crippen LogP contribution in [0.15, 0.2) is 0 Å². The summed E-state index contributed by atoms with van der Waals surface area (Å²) in [4.78, 5) is 22.3. The number of carboxylic acids is 1. The Hall–Kier alpha value is -1.26. The molecule has 0 radical (unpaired) electrons. The third-order valence-corrected chi connectivity index (χ3v) is 3.24. The predicted molar refractivity (Wildman–Crippen MR) is 71.4 cm³/mol. The number of nitrogens with one attached hydrogen (secondary N) is 2. The maximum absolute atomic E-state index is 11.7. The van der Waals surface area contributed by atoms with E-state index in [9.17, 15) is 9.59 Å². The van der Waals surface area contributed by atoms with Crippen molar-refractivity contribution >= 4 is 12.0 Å². The number of urea groups is 1. The molecule has 3 N–H and O–H groups in total. The summed E-state index contributed by atoms with van der Waals surface area (Å²) in [6.45, 7) is 10.7. The largest absolute Gasteiger partial charge is 0.481 e. The summed E-state index contributed by atoms with van der Waals surface area (Å²) in [6.07, 6.45) is -0.0508. The van der Waals surface area contributed by atoms with Gasteiger partial charge in [0.25, 0.3) is 0 Å². The smallest absolute Gasteiger partial charge is 0.315 e. The molecule has 0 aromatic carbocycles. The first-order valence-electron chi connectivity index (χ1n) is 6.50. The molecule has 0 heterocycles. The van der Waals surface area contributed by atoms with Crippen molar-refractivity contribution in [1.29, 1.82) is 0 Å². The molecule has 0 aromatic rings. The second-order valence-electron chi connectivity index (χ2n) is 5.52. The van der Waals surface area contributed by atoms with E-state index in [2.05, 4.69) is 31.4 Å². The Kier molecular flexibility index (Phi) is 7.39. The summed E-state index contributed by atoms with van der Waals surface area (Å²) in [5, 5.41) is 14.3. The van der Waals surface area contributed by atoms with Gasteiger partial charge in [-0.05, 0) is 17.8 Å². The van der Waals surface area contributed by atoms with Gasteiger partial charge in [-0.3, -0.25) is 4.79 Å². The van der Waals surface area contributed by atoms with E-state index in [4.69, 9.17) is 5.11 Å². The van der Waals surface area contributed by atoms with Crippen molar-refractivity contribution in [2.45, 2.75) is 47.1 Å². The first kappa shape index (κ1) is 16.7. The summed E-state index contributed by atoms with van der Waals surface area (Å²) in [5.41, 5.74) is 0. The normalized spacial score (nSPS) is 14.4. The molecule has 0 rings (SSSR count). The molecule has 0 aliphatic rings. The molecule has 0 aromatic heterocycles. The van der Waals surface area contributed by atoms with E-state index in [1.165, 1.54) is 0 Å². The molecule has 0 fully saturated rings. The second-order valence-corrected chi connectivity index (χ2v) is 5.52. The van der Waals surface area contributed by atoms with E-state index >= 15 is 0 Å². The van der Waals surface area contributed by atoms with E-state index < -0.39 is 5.97 Å². The lowest BCUT2D eigenvalue weighted by molar-refractivity contribution is -0.137. The number of hydrogen-bond donors (Lipinski definition) is 3. The Morgan fingerprint density at radius 3 is 2.00 bits per heavy atom. The molecular formula is C13H26N2O3. The first-order chi connectivity index (χ1) is 8.23. The Balaban J connectivity index is 4.14. The van der Waals surface area contributed by atoms with Gasteiger partial charge in [-0.2, -0.15) is 0 Å². The van der Waals surface area contributed by atoms with E-state index in [-0.39, 0.29) is 24.4 Å². The Morgan fingerprint density at radius 1 is 1.06 bits per heavy atom. The maximum Gasteiger partial charge on any atom is 0.315 e. The molecule has 18 heavy (non-hydrogen) atoms. The van der Waals surface area contributed by atoms with Gasteiger partial charge in [-0.15, -0.1) is 0 Å². The highest BCUT2D eigenvalue weighted by molar-refractivity contribution is 5.75. The Labute approximate surface area is 109 Å². The number of carbonyl (C=O) groups is 2. The summed E-state index contributed by atoms with van der Waals surface area (Å²) in [5.74, 6) is 0.0943. The Bertz CT molecular complexity index is 277. The van der Waals surface area contributed by atoms with Gasteiger partial charge in [0.05, 0.1) is 6.42 Å². The summed E-state index contributed by atoms with van der Waals surface area (Å²) in [7, 11) is 0. The molecule has 0 spiro atoms. The van der Waals surface area contributed by atoms with E-state index in [1.807, 2.05) is 13.8 Å². The van der Waals surface area contributed by atoms with Crippen LogP contribution in [0.3, 0.4) is 0 Å². The minimum absolute atomic E-state index is 0.0508. The van der Waals surface area contributed by atoms with Gasteiger partial charge in [0.15, 0.2) is 0 Å². The lowest BCUT2D eigenvalue weighted by Gasteiger charge is -2.22. The van der Waals surface area contributed by atoms with Gasteiger partial charge in [-0.25, -0.2) is 4.79 Å². The fourth-order valence-electron chi connectivity index (χ4n) is 1.35. The average molecular weight is 258 g/mol. The zero-order chi connectivity index (χ0) is 14.3. The summed E-state index contributed by atoms with van der Waals surface area (Å²) in [6, 6.07) is -0.626. The molecule has 106 valence electrons. The van der Waals surface area contributed by atoms with Crippen molar-refractivity contribution in [3.63, 3.8) is 0 Å². The lowest BCUT2D eigenvalue weighted by atomic mass is 9.98. The topological polar surface area (TPSA) is 78.4 Å². The van der Waals surface area contributed by atoms with Crippen molar-refractivity contribution in [2.75, 3.05) is 6.54 Å². The van der Waals surface area contributed by atoms with Crippen molar-refractivity contribution in [3.8, 4) is 0 Å². The molecule has 0 saturated heterocycles. The van der Waals surface area contributed by atoms with Crippen molar-refractivity contribution in [3.05, 3.63) is 0 Å². The zero-order valence-electron chi connectivity index (χ0n) is 12.0. The Morgan fingerprint density at radius 2 is 1.61 bits per heavy atom. The highest BCUT2D eigenvalue weighted by atomic mass is 16.4. The molecule has 0 aliphatic heterocycles. The molecule has 2 unspecified atom stereocenters. The number of amides is 2. The minimum Gasteiger partial charge on any atom is -0.481 e. The number of carboxylic acid groups (broad SMARTS) is 1. The van der Waals surface area contributed by atoms with Crippen LogP contribution >= 0.6 is 0 Å². The number of carbonyl (C=O) groups excluding carboxylic acids is 1. The van der Waals surface area contributed by atoms with Gasteiger partial charge in [-0.1, -0.05) is 34.6 Å². The summed E-state index contributed by atoms with van der Waals surface area (Å²) < 4.78 is 0. The van der Waals surface area contributed by atoms with Gasteiger partial charge in [0.2, 0.25) is 0 Å². The molecule has 2 amide bonds. The molecule has 5 heteroatoms. The molecule has 2 atom stereocenters. The fourth-order valence-corrected chi connectivity index (χ4v) is 1.35. The van der Waals surface area contributed by atoms with Crippen LogP contribution in [0, 0.1) is 17.8 Å². The molecule has 0 saturated carbocycles. The standard InChI is InChI=1S/C13H26N2O3/c1-8(2)10(5)7-14-13(18)15-11(9(3)4)6-12(16)17/h8-11H,6-7H2,1-5H3,(H,16,17)(H2,14,15,18). The molecule has 0 bridgehead atoms. The monoisotopic (exact) mass is 258 g/mol. The van der Waals surface area contributed by atoms with Crippen LogP contribution < -0.4 is 10.6 Å². The predicted octanol–water partition coefficient (Wildman–Crippen LogP) is 2.08. The SMILES string of the molecule is CC(C)C(C)CNC(=O)NC(CC(=O)O)C(C)C. The van der Waals surface area contributed by atoms with Crippen LogP contribution in [0.25, 0.3) is 0 Å². The van der Waals surface area contributed by atoms with E-state index in [0.717, 1.165) is 0 Å². The zero-order valence-corrected chi connectivity index (χ0v) is 12.0. The van der Waals surface area contributed by atoms with E-state index in [1.54, 1.807) is 0 Å². The van der Waals surface area contributed by atoms with Gasteiger partial charge in [0.1, 0.15) is 0 Å². The van der Waals surface area contributed by atoms with Crippen LogP contribution in [0.5, 0.6) is 0 Å². The number of aliphatic carboxylic acids is 1.